The number of carbonyl (C=O) groups is 1. The summed E-state index contributed by atoms with van der Waals surface area (Å²) in [6.07, 6.45) is 4.36. The zero-order valence-corrected chi connectivity index (χ0v) is 13.7. The van der Waals surface area contributed by atoms with E-state index in [0.29, 0.717) is 13.1 Å². The molecule has 2 aromatic rings. The molecule has 3 rings (SSSR count). The van der Waals surface area contributed by atoms with Gasteiger partial charge in [0.25, 0.3) is 0 Å². The number of fused-ring (bicyclic) bond motifs is 1. The molecule has 23 heavy (non-hydrogen) atoms. The van der Waals surface area contributed by atoms with E-state index >= 15 is 0 Å². The molecule has 7 heteroatoms. The summed E-state index contributed by atoms with van der Waals surface area (Å²) >= 11 is 0. The summed E-state index contributed by atoms with van der Waals surface area (Å²) < 4.78 is 7.24. The molecular formula is C16H23N5O2. The molecule has 1 amide bonds. The molecule has 0 fully saturated rings. The van der Waals surface area contributed by atoms with Crippen molar-refractivity contribution in [2.45, 2.75) is 45.3 Å². The number of nitrogens with zero attached hydrogens (tertiary/aromatic N) is 4. The van der Waals surface area contributed by atoms with Crippen molar-refractivity contribution in [3.8, 4) is 0 Å². The average molecular weight is 317 g/mol. The van der Waals surface area contributed by atoms with Crippen LogP contribution in [-0.2, 0) is 30.7 Å². The molecule has 7 nitrogen and oxygen atoms in total. The van der Waals surface area contributed by atoms with Gasteiger partial charge in [0.05, 0.1) is 25.9 Å². The third-order valence-corrected chi connectivity index (χ3v) is 4.16. The average Bonchev–Trinajstić information content (AvgIpc) is 3.20. The summed E-state index contributed by atoms with van der Waals surface area (Å²) in [5.74, 6) is 2.80. The Morgan fingerprint density at radius 2 is 2.43 bits per heavy atom. The van der Waals surface area contributed by atoms with E-state index in [-0.39, 0.29) is 11.9 Å². The molecule has 0 aliphatic carbocycles. The van der Waals surface area contributed by atoms with Crippen LogP contribution in [0.4, 0.5) is 0 Å². The lowest BCUT2D eigenvalue weighted by Gasteiger charge is -2.24. The third kappa shape index (κ3) is 3.79. The molecule has 1 aliphatic rings. The number of aromatic nitrogens is 3. The van der Waals surface area contributed by atoms with Gasteiger partial charge in [-0.2, -0.15) is 5.10 Å². The van der Waals surface area contributed by atoms with E-state index in [4.69, 9.17) is 4.42 Å². The van der Waals surface area contributed by atoms with Gasteiger partial charge in [-0.15, -0.1) is 0 Å². The van der Waals surface area contributed by atoms with Crippen molar-refractivity contribution in [3.63, 3.8) is 0 Å². The van der Waals surface area contributed by atoms with Crippen LogP contribution in [0.1, 0.15) is 30.8 Å². The van der Waals surface area contributed by atoms with E-state index in [1.165, 1.54) is 0 Å². The molecule has 0 radical (unpaired) electrons. The van der Waals surface area contributed by atoms with Crippen LogP contribution < -0.4 is 5.32 Å². The minimum Gasteiger partial charge on any atom is -0.467 e. The number of amides is 1. The number of carbonyl (C=O) groups excluding carboxylic acids is 1. The summed E-state index contributed by atoms with van der Waals surface area (Å²) in [4.78, 5) is 18.4. The lowest BCUT2D eigenvalue weighted by Crippen LogP contribution is -2.43. The van der Waals surface area contributed by atoms with Gasteiger partial charge in [-0.3, -0.25) is 4.79 Å². The van der Waals surface area contributed by atoms with Crippen molar-refractivity contribution in [2.24, 2.45) is 0 Å². The fourth-order valence-electron chi connectivity index (χ4n) is 2.77. The largest absolute Gasteiger partial charge is 0.467 e. The van der Waals surface area contributed by atoms with Crippen LogP contribution in [0.15, 0.2) is 22.8 Å². The topological polar surface area (TPSA) is 76.2 Å². The first-order valence-corrected chi connectivity index (χ1v) is 8.08. The van der Waals surface area contributed by atoms with Gasteiger partial charge in [0.2, 0.25) is 5.91 Å². The van der Waals surface area contributed by atoms with Crippen molar-refractivity contribution < 1.29 is 9.21 Å². The summed E-state index contributed by atoms with van der Waals surface area (Å²) in [7, 11) is 1.79. The summed E-state index contributed by atoms with van der Waals surface area (Å²) in [5, 5.41) is 7.83. The standard InChI is InChI=1S/C16H23N5O2/c1-3-14-18-15-7-6-12(10-21(15)19-14)17-9-16(22)20(2)11-13-5-4-8-23-13/h4-5,8,12,17H,3,6-7,9-11H2,1-2H3/t12-/m0/s1. The van der Waals surface area contributed by atoms with Gasteiger partial charge >= 0.3 is 0 Å². The Labute approximate surface area is 135 Å². The summed E-state index contributed by atoms with van der Waals surface area (Å²) in [5.41, 5.74) is 0. The predicted octanol–water partition coefficient (Wildman–Crippen LogP) is 0.997. The van der Waals surface area contributed by atoms with Gasteiger partial charge in [-0.1, -0.05) is 6.92 Å². The quantitative estimate of drug-likeness (QED) is 0.860. The maximum absolute atomic E-state index is 12.2. The normalized spacial score (nSPS) is 17.0. The fourth-order valence-corrected chi connectivity index (χ4v) is 2.77. The van der Waals surface area contributed by atoms with Crippen LogP contribution in [0.2, 0.25) is 0 Å². The molecule has 1 aliphatic heterocycles. The molecule has 0 saturated carbocycles. The Bertz CT molecular complexity index is 649. The fraction of sp³-hybridized carbons (Fsp3) is 0.562. The van der Waals surface area contributed by atoms with Gasteiger partial charge in [0.1, 0.15) is 11.6 Å². The molecule has 3 heterocycles. The summed E-state index contributed by atoms with van der Waals surface area (Å²) in [6, 6.07) is 3.96. The van der Waals surface area contributed by atoms with E-state index < -0.39 is 0 Å². The number of likely N-dealkylation sites (N-methyl/N-ethyl adjacent to an activating group) is 1. The maximum Gasteiger partial charge on any atom is 0.236 e. The van der Waals surface area contributed by atoms with E-state index in [1.54, 1.807) is 18.2 Å². The predicted molar refractivity (Wildman–Crippen MR) is 84.7 cm³/mol. The second-order valence-corrected chi connectivity index (χ2v) is 5.93. The van der Waals surface area contributed by atoms with Crippen molar-refractivity contribution in [1.82, 2.24) is 25.0 Å². The minimum absolute atomic E-state index is 0.0556. The van der Waals surface area contributed by atoms with Crippen LogP contribution in [0, 0.1) is 0 Å². The second kappa shape index (κ2) is 6.95. The van der Waals surface area contributed by atoms with E-state index in [2.05, 4.69) is 22.3 Å². The van der Waals surface area contributed by atoms with Gasteiger partial charge in [-0.05, 0) is 18.6 Å². The Morgan fingerprint density at radius 3 is 3.17 bits per heavy atom. The highest BCUT2D eigenvalue weighted by Crippen LogP contribution is 2.13. The van der Waals surface area contributed by atoms with Crippen LogP contribution in [0.25, 0.3) is 0 Å². The molecule has 1 N–H and O–H groups in total. The smallest absolute Gasteiger partial charge is 0.236 e. The van der Waals surface area contributed by atoms with Crippen LogP contribution in [0.3, 0.4) is 0 Å². The monoisotopic (exact) mass is 317 g/mol. The Morgan fingerprint density at radius 1 is 1.57 bits per heavy atom. The van der Waals surface area contributed by atoms with Gasteiger partial charge < -0.3 is 14.6 Å². The Hall–Kier alpha value is -2.15. The SMILES string of the molecule is CCc1nc2n(n1)C[C@@H](NCC(=O)N(C)Cc1ccco1)CC2. The molecular weight excluding hydrogens is 294 g/mol. The number of hydrogen-bond acceptors (Lipinski definition) is 5. The van der Waals surface area contributed by atoms with Gasteiger partial charge in [0.15, 0.2) is 5.82 Å². The number of furan rings is 1. The molecule has 2 aromatic heterocycles. The Balaban J connectivity index is 1.47. The Kier molecular flexibility index (Phi) is 4.76. The van der Waals surface area contributed by atoms with E-state index in [1.807, 2.05) is 16.8 Å². The second-order valence-electron chi connectivity index (χ2n) is 5.93. The number of hydrogen-bond donors (Lipinski definition) is 1. The highest BCUT2D eigenvalue weighted by Gasteiger charge is 2.22. The van der Waals surface area contributed by atoms with Crippen molar-refractivity contribution in [1.29, 1.82) is 0 Å². The van der Waals surface area contributed by atoms with Crippen molar-refractivity contribution in [2.75, 3.05) is 13.6 Å². The molecule has 1 atom stereocenters. The molecule has 0 bridgehead atoms. The lowest BCUT2D eigenvalue weighted by molar-refractivity contribution is -0.129. The first-order chi connectivity index (χ1) is 11.2. The van der Waals surface area contributed by atoms with Crippen LogP contribution in [0.5, 0.6) is 0 Å². The van der Waals surface area contributed by atoms with Gasteiger partial charge in [-0.25, -0.2) is 9.67 Å². The van der Waals surface area contributed by atoms with Crippen LogP contribution in [-0.4, -0.2) is 45.2 Å². The molecule has 0 saturated heterocycles. The molecule has 124 valence electrons. The minimum atomic E-state index is 0.0556. The van der Waals surface area contributed by atoms with Crippen molar-refractivity contribution in [3.05, 3.63) is 35.8 Å². The maximum atomic E-state index is 12.2. The molecule has 0 unspecified atom stereocenters. The zero-order valence-electron chi connectivity index (χ0n) is 13.7. The number of nitrogens with one attached hydrogen (secondary N) is 1. The zero-order chi connectivity index (χ0) is 16.2. The number of rotatable bonds is 6. The van der Waals surface area contributed by atoms with E-state index in [9.17, 15) is 4.79 Å². The molecule has 0 spiro atoms. The van der Waals surface area contributed by atoms with Gasteiger partial charge in [0, 0.05) is 25.9 Å². The number of aryl methyl sites for hydroxylation is 2. The third-order valence-electron chi connectivity index (χ3n) is 4.16. The van der Waals surface area contributed by atoms with Crippen LogP contribution >= 0.6 is 0 Å². The molecule has 0 aromatic carbocycles. The highest BCUT2D eigenvalue weighted by atomic mass is 16.3. The van der Waals surface area contributed by atoms with E-state index in [0.717, 1.165) is 43.2 Å². The van der Waals surface area contributed by atoms with Crippen molar-refractivity contribution >= 4 is 5.91 Å². The lowest BCUT2D eigenvalue weighted by atomic mass is 10.1. The first kappa shape index (κ1) is 15.7. The summed E-state index contributed by atoms with van der Waals surface area (Å²) in [6.45, 7) is 3.65. The first-order valence-electron chi connectivity index (χ1n) is 8.08. The highest BCUT2D eigenvalue weighted by molar-refractivity contribution is 5.77.